The summed E-state index contributed by atoms with van der Waals surface area (Å²) in [5, 5.41) is -0.219. The first-order chi connectivity index (χ1) is 13.5. The highest BCUT2D eigenvalue weighted by molar-refractivity contribution is 7.93. The fourth-order valence-electron chi connectivity index (χ4n) is 4.33. The first-order valence-electron chi connectivity index (χ1n) is 9.20. The highest BCUT2D eigenvalue weighted by Crippen LogP contribution is 2.48. The second-order valence-corrected chi connectivity index (χ2v) is 9.92. The first kappa shape index (κ1) is 20.5. The molecule has 2 atom stereocenters. The van der Waals surface area contributed by atoms with Crippen LogP contribution in [0.1, 0.15) is 29.0 Å². The molecule has 2 heterocycles. The van der Waals surface area contributed by atoms with Gasteiger partial charge in [-0.3, -0.25) is 4.31 Å². The molecule has 0 N–H and O–H groups in total. The molecule has 0 aromatic heterocycles. The average molecular weight is 445 g/mol. The molecule has 4 nitrogen and oxygen atoms in total. The van der Waals surface area contributed by atoms with E-state index in [2.05, 4.69) is 4.90 Å². The molecule has 2 aromatic carbocycles. The summed E-state index contributed by atoms with van der Waals surface area (Å²) in [6.45, 7) is 3.32. The second kappa shape index (κ2) is 6.89. The number of rotatable bonds is 2. The van der Waals surface area contributed by atoms with Crippen molar-refractivity contribution in [1.29, 1.82) is 0 Å². The van der Waals surface area contributed by atoms with Gasteiger partial charge in [-0.25, -0.2) is 8.42 Å². The third kappa shape index (κ3) is 3.41. The third-order valence-corrected chi connectivity index (χ3v) is 8.02. The van der Waals surface area contributed by atoms with E-state index >= 15 is 0 Å². The minimum Gasteiger partial charge on any atom is -0.306 e. The van der Waals surface area contributed by atoms with Gasteiger partial charge in [0, 0.05) is 12.5 Å². The molecule has 1 fully saturated rings. The Morgan fingerprint density at radius 3 is 2.55 bits per heavy atom. The van der Waals surface area contributed by atoms with Crippen LogP contribution in [0, 0.1) is 6.92 Å². The second-order valence-electron chi connectivity index (χ2n) is 7.73. The largest absolute Gasteiger partial charge is 0.416 e. The monoisotopic (exact) mass is 444 g/mol. The molecule has 9 heteroatoms. The number of piperidine rings is 1. The Morgan fingerprint density at radius 2 is 1.86 bits per heavy atom. The topological polar surface area (TPSA) is 40.6 Å². The van der Waals surface area contributed by atoms with Crippen molar-refractivity contribution in [3.8, 4) is 0 Å². The maximum absolute atomic E-state index is 13.6. The van der Waals surface area contributed by atoms with Crippen molar-refractivity contribution < 1.29 is 21.6 Å². The Labute approximate surface area is 172 Å². The van der Waals surface area contributed by atoms with Gasteiger partial charge in [-0.2, -0.15) is 13.2 Å². The van der Waals surface area contributed by atoms with E-state index in [1.54, 1.807) is 6.07 Å². The van der Waals surface area contributed by atoms with Crippen molar-refractivity contribution in [3.63, 3.8) is 0 Å². The summed E-state index contributed by atoms with van der Waals surface area (Å²) in [6, 6.07) is 7.59. The van der Waals surface area contributed by atoms with Crippen molar-refractivity contribution in [2.75, 3.05) is 24.4 Å². The number of sulfonamides is 1. The van der Waals surface area contributed by atoms with Gasteiger partial charge in [-0.1, -0.05) is 29.3 Å². The van der Waals surface area contributed by atoms with Crippen LogP contribution in [0.3, 0.4) is 0 Å². The summed E-state index contributed by atoms with van der Waals surface area (Å²) < 4.78 is 68.1. The molecule has 0 radical (unpaired) electrons. The lowest BCUT2D eigenvalue weighted by Crippen LogP contribution is -2.47. The van der Waals surface area contributed by atoms with Crippen molar-refractivity contribution in [2.24, 2.45) is 0 Å². The van der Waals surface area contributed by atoms with Crippen LogP contribution in [0.4, 0.5) is 18.9 Å². The van der Waals surface area contributed by atoms with E-state index in [1.807, 2.05) is 26.1 Å². The van der Waals surface area contributed by atoms with Gasteiger partial charge in [0.15, 0.2) is 0 Å². The van der Waals surface area contributed by atoms with Crippen LogP contribution in [0.2, 0.25) is 5.02 Å². The summed E-state index contributed by atoms with van der Waals surface area (Å²) in [6.07, 6.45) is -4.07. The normalized spacial score (nSPS) is 22.5. The molecule has 0 aliphatic carbocycles. The molecule has 2 aliphatic rings. The van der Waals surface area contributed by atoms with Crippen LogP contribution in [0.5, 0.6) is 0 Å². The van der Waals surface area contributed by atoms with Gasteiger partial charge < -0.3 is 4.90 Å². The van der Waals surface area contributed by atoms with Gasteiger partial charge in [-0.15, -0.1) is 0 Å². The van der Waals surface area contributed by atoms with Gasteiger partial charge in [0.1, 0.15) is 4.90 Å². The standard InChI is InChI=1S/C20H20ClF3N2O2S/c1-12-3-6-17-14(9-12)15-11-25(2)8-7-18(15)26(17)29(27,28)19-10-13(20(22,23)24)4-5-16(19)21/h3-6,9-10,15,18H,7-8,11H2,1-2H3/t15-,18-/m1/s1. The molecule has 0 unspecified atom stereocenters. The lowest BCUT2D eigenvalue weighted by molar-refractivity contribution is -0.137. The predicted molar refractivity (Wildman–Crippen MR) is 106 cm³/mol. The molecule has 0 spiro atoms. The number of fused-ring (bicyclic) bond motifs is 3. The van der Waals surface area contributed by atoms with Gasteiger partial charge in [0.2, 0.25) is 0 Å². The van der Waals surface area contributed by atoms with E-state index in [0.717, 1.165) is 23.3 Å². The van der Waals surface area contributed by atoms with E-state index < -0.39 is 26.7 Å². The molecular formula is C20H20ClF3N2O2S. The lowest BCUT2D eigenvalue weighted by Gasteiger charge is -2.36. The van der Waals surface area contributed by atoms with Crippen LogP contribution in [-0.2, 0) is 16.2 Å². The Hall–Kier alpha value is -1.77. The highest BCUT2D eigenvalue weighted by atomic mass is 35.5. The number of nitrogens with zero attached hydrogens (tertiary/aromatic N) is 2. The number of benzene rings is 2. The minimum absolute atomic E-state index is 0.0389. The third-order valence-electron chi connectivity index (χ3n) is 5.70. The van der Waals surface area contributed by atoms with Crippen LogP contribution in [0.25, 0.3) is 0 Å². The molecule has 1 saturated heterocycles. The summed E-state index contributed by atoms with van der Waals surface area (Å²) >= 11 is 6.08. The lowest BCUT2D eigenvalue weighted by atomic mass is 9.89. The quantitative estimate of drug-likeness (QED) is 0.676. The van der Waals surface area contributed by atoms with Crippen molar-refractivity contribution >= 4 is 27.3 Å². The van der Waals surface area contributed by atoms with Crippen LogP contribution in [-0.4, -0.2) is 39.5 Å². The molecule has 156 valence electrons. The molecule has 2 aliphatic heterocycles. The molecule has 29 heavy (non-hydrogen) atoms. The van der Waals surface area contributed by atoms with E-state index in [4.69, 9.17) is 11.6 Å². The number of alkyl halides is 3. The molecule has 0 bridgehead atoms. The smallest absolute Gasteiger partial charge is 0.306 e. The maximum atomic E-state index is 13.6. The van der Waals surface area contributed by atoms with Gasteiger partial charge in [0.25, 0.3) is 10.0 Å². The fourth-order valence-corrected chi connectivity index (χ4v) is 6.58. The average Bonchev–Trinajstić information content (AvgIpc) is 2.94. The van der Waals surface area contributed by atoms with E-state index in [9.17, 15) is 21.6 Å². The van der Waals surface area contributed by atoms with Gasteiger partial charge in [-0.05, 0) is 56.8 Å². The zero-order valence-electron chi connectivity index (χ0n) is 15.9. The molecule has 4 rings (SSSR count). The summed E-state index contributed by atoms with van der Waals surface area (Å²) in [5.41, 5.74) is 1.40. The van der Waals surface area contributed by atoms with Crippen molar-refractivity contribution in [2.45, 2.75) is 36.4 Å². The van der Waals surface area contributed by atoms with Gasteiger partial charge >= 0.3 is 6.18 Å². The highest BCUT2D eigenvalue weighted by Gasteiger charge is 2.47. The first-order valence-corrected chi connectivity index (χ1v) is 11.0. The van der Waals surface area contributed by atoms with E-state index in [1.165, 1.54) is 4.31 Å². The number of aryl methyl sites for hydroxylation is 1. The van der Waals surface area contributed by atoms with Crippen molar-refractivity contribution in [3.05, 3.63) is 58.1 Å². The zero-order chi connectivity index (χ0) is 21.1. The zero-order valence-corrected chi connectivity index (χ0v) is 17.4. The predicted octanol–water partition coefficient (Wildman–Crippen LogP) is 4.66. The number of likely N-dealkylation sites (N-methyl/N-ethyl adjacent to an activating group) is 1. The number of halogens is 4. The minimum atomic E-state index is -4.66. The molecule has 2 aromatic rings. The maximum Gasteiger partial charge on any atom is 0.416 e. The SMILES string of the molecule is Cc1ccc2c(c1)[C@H]1CN(C)CC[C@H]1N2S(=O)(=O)c1cc(C(F)(F)F)ccc1Cl. The fraction of sp³-hybridized carbons (Fsp3) is 0.400. The number of hydrogen-bond acceptors (Lipinski definition) is 3. The van der Waals surface area contributed by atoms with Crippen LogP contribution in [0.15, 0.2) is 41.3 Å². The molecule has 0 amide bonds. The van der Waals surface area contributed by atoms with E-state index in [-0.39, 0.29) is 17.0 Å². The Bertz CT molecular complexity index is 1070. The number of hydrogen-bond donors (Lipinski definition) is 0. The molecular weight excluding hydrogens is 425 g/mol. The number of anilines is 1. The molecule has 0 saturated carbocycles. The Balaban J connectivity index is 1.88. The van der Waals surface area contributed by atoms with E-state index in [0.29, 0.717) is 31.3 Å². The summed E-state index contributed by atoms with van der Waals surface area (Å²) in [5.74, 6) is -0.0389. The number of likely N-dealkylation sites (tertiary alicyclic amines) is 1. The van der Waals surface area contributed by atoms with Crippen LogP contribution >= 0.6 is 11.6 Å². The Morgan fingerprint density at radius 1 is 1.14 bits per heavy atom. The summed E-state index contributed by atoms with van der Waals surface area (Å²) in [7, 11) is -2.30. The van der Waals surface area contributed by atoms with Crippen LogP contribution < -0.4 is 4.31 Å². The van der Waals surface area contributed by atoms with Gasteiger partial charge in [0.05, 0.1) is 22.3 Å². The Kier molecular flexibility index (Phi) is 4.87. The van der Waals surface area contributed by atoms with Crippen molar-refractivity contribution in [1.82, 2.24) is 4.90 Å². The summed E-state index contributed by atoms with van der Waals surface area (Å²) in [4.78, 5) is 1.63.